The largest absolute Gasteiger partial charge is 2.00 e. The SMILES string of the molecule is Fc1ccncc1-c1ccc(-c2cnccc2F)cc1.Fc1ccncc1-c1ccc(-c2cnccc2F)cc1.Fc1ccncc1-c1ccc(-c2cnccc2F)cc1.O=C([O-])c1cccc(-c2cccc(C(=O)[O-])n2)n1.O=C([O-])c1cccc(-c2cccc(C(=O)[O-])n2)n1.O=C([O-])c1cccc(-c2cccc(C(=O)[O-])n2)n1.[Ru+2].[Ru+2].[Ru+2]. The molecule has 0 atom stereocenters. The minimum absolute atomic E-state index is 0. The van der Waals surface area contributed by atoms with Crippen molar-refractivity contribution in [2.75, 3.05) is 0 Å². The van der Waals surface area contributed by atoms with E-state index < -0.39 is 35.8 Å². The van der Waals surface area contributed by atoms with Crippen molar-refractivity contribution in [2.45, 2.75) is 0 Å². The molecule has 15 rings (SSSR count). The third-order valence-electron chi connectivity index (χ3n) is 15.7. The molecule has 24 nitrogen and oxygen atoms in total. The topological polar surface area (TPSA) is 395 Å². The van der Waals surface area contributed by atoms with E-state index in [0.717, 1.165) is 0 Å². The molecule has 0 aliphatic carbocycles. The van der Waals surface area contributed by atoms with E-state index in [-0.39, 0.29) is 162 Å². The Morgan fingerprint density at radius 1 is 0.197 bits per heavy atom. The first-order valence-corrected chi connectivity index (χ1v) is 33.0. The predicted octanol–water partition coefficient (Wildman–Crippen LogP) is 8.87. The summed E-state index contributed by atoms with van der Waals surface area (Å²) < 4.78 is 81.9. The van der Waals surface area contributed by atoms with Gasteiger partial charge < -0.3 is 59.4 Å². The van der Waals surface area contributed by atoms with Crippen LogP contribution in [0.4, 0.5) is 26.3 Å². The molecule has 0 unspecified atom stereocenters. The van der Waals surface area contributed by atoms with Crippen LogP contribution in [0.5, 0.6) is 0 Å². The molecule has 12 heterocycles. The number of pyridine rings is 12. The average molecular weight is 1830 g/mol. The van der Waals surface area contributed by atoms with E-state index in [1.165, 1.54) is 220 Å². The van der Waals surface area contributed by atoms with E-state index in [1.807, 2.05) is 0 Å². The zero-order valence-corrected chi connectivity index (χ0v) is 64.5. The zero-order valence-electron chi connectivity index (χ0n) is 59.3. The molecule has 0 spiro atoms. The Balaban J connectivity index is 0.000000193. The molecule has 12 aromatic heterocycles. The van der Waals surface area contributed by atoms with Gasteiger partial charge in [0.25, 0.3) is 0 Å². The summed E-state index contributed by atoms with van der Waals surface area (Å²) in [5.74, 6) is -10.5. The van der Waals surface area contributed by atoms with E-state index >= 15 is 0 Å². The van der Waals surface area contributed by atoms with Crippen LogP contribution in [0, 0.1) is 34.9 Å². The van der Waals surface area contributed by atoms with Gasteiger partial charge in [-0.2, -0.15) is 0 Å². The number of aromatic nitrogens is 12. The zero-order chi connectivity index (χ0) is 81.2. The first kappa shape index (κ1) is 89.9. The summed E-state index contributed by atoms with van der Waals surface area (Å²) in [6.45, 7) is 0. The minimum Gasteiger partial charge on any atom is -0.543 e. The summed E-state index contributed by atoms with van der Waals surface area (Å²) in [7, 11) is 0. The molecule has 0 fully saturated rings. The van der Waals surface area contributed by atoms with Gasteiger partial charge >= 0.3 is 58.4 Å². The van der Waals surface area contributed by atoms with Gasteiger partial charge in [-0.05, 0) is 143 Å². The molecule has 0 radical (unpaired) electrons. The molecule has 33 heteroatoms. The van der Waals surface area contributed by atoms with Crippen LogP contribution in [0.2, 0.25) is 0 Å². The maximum Gasteiger partial charge on any atom is 2.00 e. The average Bonchev–Trinajstić information content (AvgIpc) is 0.810. The number of rotatable bonds is 15. The van der Waals surface area contributed by atoms with Crippen molar-refractivity contribution in [3.63, 3.8) is 0 Å². The van der Waals surface area contributed by atoms with Gasteiger partial charge in [-0.3, -0.25) is 29.9 Å². The minimum atomic E-state index is -1.41. The maximum absolute atomic E-state index is 13.7. The molecule has 0 bridgehead atoms. The van der Waals surface area contributed by atoms with E-state index in [0.29, 0.717) is 66.8 Å². The number of carboxylic acids is 6. The molecule has 3 aromatic carbocycles. The van der Waals surface area contributed by atoms with Crippen molar-refractivity contribution in [3.05, 3.63) is 362 Å². The van der Waals surface area contributed by atoms with Crippen molar-refractivity contribution in [1.29, 1.82) is 0 Å². The second kappa shape index (κ2) is 43.7. The van der Waals surface area contributed by atoms with Crippen LogP contribution in [-0.4, -0.2) is 95.6 Å². The van der Waals surface area contributed by atoms with Crippen LogP contribution in [0.1, 0.15) is 62.9 Å². The summed E-state index contributed by atoms with van der Waals surface area (Å²) in [6, 6.07) is 54.4. The van der Waals surface area contributed by atoms with Crippen molar-refractivity contribution in [1.82, 2.24) is 59.8 Å². The Morgan fingerprint density at radius 3 is 0.436 bits per heavy atom. The van der Waals surface area contributed by atoms with Crippen LogP contribution >= 0.6 is 0 Å². The Labute approximate surface area is 697 Å². The number of hydrogen-bond donors (Lipinski definition) is 0. The smallest absolute Gasteiger partial charge is 0.543 e. The fraction of sp³-hybridized carbons (Fsp3) is 0. The summed E-state index contributed by atoms with van der Waals surface area (Å²) >= 11 is 0. The number of aromatic carboxylic acids is 6. The number of benzene rings is 3. The Kier molecular flexibility index (Phi) is 33.6. The van der Waals surface area contributed by atoms with Gasteiger partial charge in [0, 0.05) is 108 Å². The molecule has 0 saturated carbocycles. The van der Waals surface area contributed by atoms with Gasteiger partial charge in [0.15, 0.2) is 0 Å². The van der Waals surface area contributed by atoms with Crippen LogP contribution in [0.25, 0.3) is 101 Å². The van der Waals surface area contributed by atoms with Gasteiger partial charge in [0.1, 0.15) is 34.9 Å². The predicted molar refractivity (Wildman–Crippen MR) is 387 cm³/mol. The molecule has 117 heavy (non-hydrogen) atoms. The molecule has 0 N–H and O–H groups in total. The number of nitrogens with zero attached hydrogens (tertiary/aromatic N) is 12. The third kappa shape index (κ3) is 24.9. The quantitative estimate of drug-likeness (QED) is 0.0682. The van der Waals surface area contributed by atoms with E-state index in [2.05, 4.69) is 59.8 Å². The van der Waals surface area contributed by atoms with Gasteiger partial charge in [0.05, 0.1) is 104 Å². The van der Waals surface area contributed by atoms with Gasteiger partial charge in [-0.25, -0.2) is 56.2 Å². The molecule has 0 aliphatic rings. The number of carboxylic acid groups (broad SMARTS) is 6. The molecular formula is C84H48F6N12O12Ru3. The molecule has 15 aromatic rings. The monoisotopic (exact) mass is 1840 g/mol. The Hall–Kier alpha value is -14.3. The first-order chi connectivity index (χ1) is 55.0. The van der Waals surface area contributed by atoms with Crippen molar-refractivity contribution >= 4 is 35.8 Å². The summed E-state index contributed by atoms with van der Waals surface area (Å²) in [5, 5.41) is 64.0. The second-order valence-electron chi connectivity index (χ2n) is 23.0. The standard InChI is InChI=1S/3C16H10F2N2.3C12H8N2O4.3Ru/c3*17-15-5-7-19-9-13(15)11-1-2-12(4-3-11)14-10-20-8-6-16(14)18;3*15-11(16)9-5-1-3-7(13-9)8-4-2-6-10(14-8)12(17)18;;;/h3*1-10H;3*1-6H,(H,15,16)(H,17,18);;;/q;;;;;;3*+2/p-6. The van der Waals surface area contributed by atoms with E-state index in [1.54, 1.807) is 72.8 Å². The number of hydrogen-bond acceptors (Lipinski definition) is 24. The van der Waals surface area contributed by atoms with Gasteiger partial charge in [0.2, 0.25) is 0 Å². The van der Waals surface area contributed by atoms with Crippen LogP contribution in [0.15, 0.2) is 293 Å². The molecule has 0 aliphatic heterocycles. The normalized spacial score (nSPS) is 10.0. The first-order valence-electron chi connectivity index (χ1n) is 33.0. The maximum atomic E-state index is 13.7. The Bertz CT molecular complexity index is 5070. The van der Waals surface area contributed by atoms with Crippen molar-refractivity contribution in [3.8, 4) is 101 Å². The molecular weight excluding hydrogens is 1790 g/mol. The third-order valence-corrected chi connectivity index (χ3v) is 15.7. The number of carbonyl (C=O) groups is 6. The van der Waals surface area contributed by atoms with E-state index in [9.17, 15) is 85.7 Å². The van der Waals surface area contributed by atoms with Gasteiger partial charge in [-0.15, -0.1) is 0 Å². The molecule has 582 valence electrons. The number of carbonyl (C=O) groups excluding carboxylic acids is 6. The summed E-state index contributed by atoms with van der Waals surface area (Å²) in [4.78, 5) is 110. The van der Waals surface area contributed by atoms with Crippen LogP contribution in [-0.2, 0) is 58.4 Å². The fourth-order valence-corrected chi connectivity index (χ4v) is 10.2. The van der Waals surface area contributed by atoms with Crippen molar-refractivity contribution in [2.24, 2.45) is 0 Å². The molecule has 0 saturated heterocycles. The van der Waals surface area contributed by atoms with Gasteiger partial charge in [-0.1, -0.05) is 109 Å². The van der Waals surface area contributed by atoms with Crippen molar-refractivity contribution < 1.29 is 144 Å². The van der Waals surface area contributed by atoms with Crippen LogP contribution < -0.4 is 30.6 Å². The van der Waals surface area contributed by atoms with E-state index in [4.69, 9.17) is 0 Å². The van der Waals surface area contributed by atoms with Crippen LogP contribution in [0.3, 0.4) is 0 Å². The summed E-state index contributed by atoms with van der Waals surface area (Å²) in [5.41, 5.74) is 6.76. The fourth-order valence-electron chi connectivity index (χ4n) is 10.2. The molecule has 0 amide bonds. The Morgan fingerprint density at radius 2 is 0.325 bits per heavy atom. The number of halogens is 6. The second-order valence-corrected chi connectivity index (χ2v) is 23.0. The summed E-state index contributed by atoms with van der Waals surface area (Å²) in [6.07, 6.45) is 17.2.